The molecule has 0 spiro atoms. The summed E-state index contributed by atoms with van der Waals surface area (Å²) < 4.78 is 2.11. The van der Waals surface area contributed by atoms with Gasteiger partial charge >= 0.3 is 0 Å². The number of aliphatic hydroxyl groups excluding tert-OH is 2. The van der Waals surface area contributed by atoms with E-state index >= 15 is 0 Å². The van der Waals surface area contributed by atoms with E-state index in [0.717, 1.165) is 44.3 Å². The van der Waals surface area contributed by atoms with Gasteiger partial charge in [-0.2, -0.15) is 0 Å². The number of nitrogens with zero attached hydrogens (tertiary/aromatic N) is 3. The number of rotatable bonds is 5. The van der Waals surface area contributed by atoms with Crippen molar-refractivity contribution in [1.29, 1.82) is 0 Å². The van der Waals surface area contributed by atoms with Gasteiger partial charge in [-0.15, -0.1) is 0 Å². The van der Waals surface area contributed by atoms with Crippen LogP contribution in [0.5, 0.6) is 0 Å². The molecule has 0 amide bonds. The number of hydrogen-bond acceptors (Lipinski definition) is 4. The Morgan fingerprint density at radius 2 is 1.77 bits per heavy atom. The number of H-pyrrole nitrogens is 1. The molecule has 0 fully saturated rings. The second-order valence-electron chi connectivity index (χ2n) is 9.72. The first-order valence-corrected chi connectivity index (χ1v) is 10.3. The summed E-state index contributed by atoms with van der Waals surface area (Å²) in [6, 6.07) is 4.10. The second-order valence-corrected chi connectivity index (χ2v) is 9.72. The van der Waals surface area contributed by atoms with E-state index in [1.807, 2.05) is 30.9 Å². The van der Waals surface area contributed by atoms with Crippen molar-refractivity contribution < 1.29 is 10.2 Å². The van der Waals surface area contributed by atoms with Gasteiger partial charge in [-0.05, 0) is 34.2 Å². The lowest BCUT2D eigenvalue weighted by atomic mass is 9.82. The van der Waals surface area contributed by atoms with Crippen LogP contribution in [0.3, 0.4) is 0 Å². The Morgan fingerprint density at radius 1 is 1.00 bits per heavy atom. The van der Waals surface area contributed by atoms with Crippen molar-refractivity contribution in [1.82, 2.24) is 19.5 Å². The molecule has 0 aliphatic carbocycles. The Bertz CT molecular complexity index is 1210. The quantitative estimate of drug-likeness (QED) is 0.464. The van der Waals surface area contributed by atoms with Gasteiger partial charge < -0.3 is 19.8 Å². The van der Waals surface area contributed by atoms with Crippen molar-refractivity contribution in [3.63, 3.8) is 0 Å². The van der Waals surface area contributed by atoms with Crippen LogP contribution < -0.4 is 0 Å². The third-order valence-electron chi connectivity index (χ3n) is 5.98. The molecule has 0 radical (unpaired) electrons. The van der Waals surface area contributed by atoms with E-state index < -0.39 is 0 Å². The summed E-state index contributed by atoms with van der Waals surface area (Å²) >= 11 is 0. The summed E-state index contributed by atoms with van der Waals surface area (Å²) in [4.78, 5) is 12.4. The highest BCUT2D eigenvalue weighted by Gasteiger charge is 2.28. The van der Waals surface area contributed by atoms with Crippen molar-refractivity contribution in [3.8, 4) is 0 Å². The number of fused-ring (bicyclic) bond motifs is 2. The summed E-state index contributed by atoms with van der Waals surface area (Å²) in [5.41, 5.74) is 5.25. The van der Waals surface area contributed by atoms with Crippen LogP contribution in [-0.4, -0.2) is 29.7 Å². The van der Waals surface area contributed by atoms with Crippen LogP contribution in [0.1, 0.15) is 56.9 Å². The molecule has 0 unspecified atom stereocenters. The Labute approximate surface area is 176 Å². The van der Waals surface area contributed by atoms with E-state index in [4.69, 9.17) is 4.98 Å². The smallest absolute Gasteiger partial charge is 0.140 e. The molecule has 6 heteroatoms. The predicted octanol–water partition coefficient (Wildman–Crippen LogP) is 4.17. The van der Waals surface area contributed by atoms with Crippen molar-refractivity contribution in [2.24, 2.45) is 0 Å². The largest absolute Gasteiger partial charge is 0.392 e. The molecule has 0 aromatic carbocycles. The van der Waals surface area contributed by atoms with Gasteiger partial charge in [0.15, 0.2) is 0 Å². The van der Waals surface area contributed by atoms with Gasteiger partial charge in [-0.1, -0.05) is 34.6 Å². The van der Waals surface area contributed by atoms with Crippen LogP contribution in [0.25, 0.3) is 22.1 Å². The molecule has 4 aromatic rings. The zero-order valence-corrected chi connectivity index (χ0v) is 18.3. The molecular weight excluding hydrogens is 376 g/mol. The normalized spacial score (nSPS) is 12.9. The van der Waals surface area contributed by atoms with Crippen LogP contribution in [0.4, 0.5) is 0 Å². The number of hydrogen-bond donors (Lipinski definition) is 3. The van der Waals surface area contributed by atoms with E-state index in [1.165, 1.54) is 0 Å². The van der Waals surface area contributed by atoms with E-state index in [9.17, 15) is 10.2 Å². The lowest BCUT2D eigenvalue weighted by Gasteiger charge is -2.28. The Morgan fingerprint density at radius 3 is 2.43 bits per heavy atom. The first-order valence-electron chi connectivity index (χ1n) is 10.3. The molecular formula is C24H30N4O2. The third-order valence-corrected chi connectivity index (χ3v) is 5.98. The van der Waals surface area contributed by atoms with Gasteiger partial charge in [0.2, 0.25) is 0 Å². The Hall–Kier alpha value is -2.70. The minimum atomic E-state index is -0.306. The topological polar surface area (TPSA) is 87.0 Å². The first kappa shape index (κ1) is 20.6. The fraction of sp³-hybridized carbons (Fsp3) is 0.417. The number of aromatic amines is 1. The molecule has 0 saturated heterocycles. The van der Waals surface area contributed by atoms with E-state index in [-0.39, 0.29) is 24.0 Å². The SMILES string of the molecule is CC(C)(C)c1cnc2c(c1)c(CO)cn2CC(C)(C)c1cnc2[nH]ccc2c1CO. The molecule has 158 valence electrons. The minimum absolute atomic E-state index is 0.0110. The van der Waals surface area contributed by atoms with Gasteiger partial charge in [0, 0.05) is 53.1 Å². The highest BCUT2D eigenvalue weighted by atomic mass is 16.3. The molecule has 0 bridgehead atoms. The standard InChI is InChI=1S/C24H30N4O2/c1-23(2,3)16-8-18-15(12-29)11-28(22(18)27-9-16)14-24(4,5)20-10-26-21-17(6-7-25-21)19(20)13-30/h6-11,29-30H,12-14H2,1-5H3,(H,25,26). The predicted molar refractivity (Wildman–Crippen MR) is 119 cm³/mol. The third kappa shape index (κ3) is 3.40. The molecule has 0 aliphatic heterocycles. The average molecular weight is 407 g/mol. The molecule has 0 atom stereocenters. The first-order chi connectivity index (χ1) is 14.2. The number of pyridine rings is 2. The summed E-state index contributed by atoms with van der Waals surface area (Å²) in [7, 11) is 0. The van der Waals surface area contributed by atoms with Crippen LogP contribution >= 0.6 is 0 Å². The molecule has 30 heavy (non-hydrogen) atoms. The Balaban J connectivity index is 1.80. The van der Waals surface area contributed by atoms with Crippen molar-refractivity contribution >= 4 is 22.1 Å². The highest BCUT2D eigenvalue weighted by molar-refractivity contribution is 5.82. The Kier molecular flexibility index (Phi) is 4.95. The van der Waals surface area contributed by atoms with E-state index in [1.54, 1.807) is 0 Å². The van der Waals surface area contributed by atoms with Gasteiger partial charge in [0.05, 0.1) is 13.2 Å². The monoisotopic (exact) mass is 406 g/mol. The fourth-order valence-electron chi connectivity index (χ4n) is 4.23. The maximum Gasteiger partial charge on any atom is 0.140 e. The molecule has 0 aliphatic rings. The van der Waals surface area contributed by atoms with Crippen LogP contribution in [0.2, 0.25) is 0 Å². The van der Waals surface area contributed by atoms with Crippen molar-refractivity contribution in [3.05, 3.63) is 59.2 Å². The maximum absolute atomic E-state index is 10.1. The average Bonchev–Trinajstić information content (AvgIpc) is 3.30. The summed E-state index contributed by atoms with van der Waals surface area (Å²) in [5, 5.41) is 22.0. The zero-order chi connectivity index (χ0) is 21.7. The van der Waals surface area contributed by atoms with Gasteiger partial charge in [0.25, 0.3) is 0 Å². The van der Waals surface area contributed by atoms with Crippen molar-refractivity contribution in [2.75, 3.05) is 0 Å². The minimum Gasteiger partial charge on any atom is -0.392 e. The van der Waals surface area contributed by atoms with E-state index in [2.05, 4.69) is 55.2 Å². The number of aliphatic hydroxyl groups is 2. The molecule has 4 rings (SSSR count). The van der Waals surface area contributed by atoms with Crippen LogP contribution in [0, 0.1) is 0 Å². The van der Waals surface area contributed by atoms with Gasteiger partial charge in [-0.25, -0.2) is 9.97 Å². The van der Waals surface area contributed by atoms with Gasteiger partial charge in [-0.3, -0.25) is 0 Å². The van der Waals surface area contributed by atoms with E-state index in [0.29, 0.717) is 6.54 Å². The highest BCUT2D eigenvalue weighted by Crippen LogP contribution is 2.34. The maximum atomic E-state index is 10.1. The van der Waals surface area contributed by atoms with Gasteiger partial charge in [0.1, 0.15) is 11.3 Å². The molecule has 6 nitrogen and oxygen atoms in total. The summed E-state index contributed by atoms with van der Waals surface area (Å²) in [5.74, 6) is 0. The van der Waals surface area contributed by atoms with Crippen LogP contribution in [0.15, 0.2) is 36.9 Å². The second kappa shape index (κ2) is 7.22. The summed E-state index contributed by atoms with van der Waals surface area (Å²) in [6.07, 6.45) is 7.62. The fourth-order valence-corrected chi connectivity index (χ4v) is 4.23. The number of nitrogens with one attached hydrogen (secondary N) is 1. The summed E-state index contributed by atoms with van der Waals surface area (Å²) in [6.45, 7) is 11.4. The number of aromatic nitrogens is 4. The lowest BCUT2D eigenvalue weighted by molar-refractivity contribution is 0.278. The lowest BCUT2D eigenvalue weighted by Crippen LogP contribution is -2.26. The molecule has 0 saturated carbocycles. The molecule has 4 heterocycles. The van der Waals surface area contributed by atoms with Crippen LogP contribution in [-0.2, 0) is 30.6 Å². The molecule has 3 N–H and O–H groups in total. The molecule has 4 aromatic heterocycles. The van der Waals surface area contributed by atoms with Crippen molar-refractivity contribution in [2.45, 2.75) is 65.2 Å². The zero-order valence-electron chi connectivity index (χ0n) is 18.3.